The van der Waals surface area contributed by atoms with Crippen LogP contribution >= 0.6 is 0 Å². The Balaban J connectivity index is 2.90. The zero-order chi connectivity index (χ0) is 15.9. The van der Waals surface area contributed by atoms with E-state index in [1.54, 1.807) is 0 Å². The molecule has 0 bridgehead atoms. The molecule has 0 fully saturated rings. The van der Waals surface area contributed by atoms with E-state index >= 15 is 0 Å². The van der Waals surface area contributed by atoms with Crippen LogP contribution in [-0.4, -0.2) is 29.7 Å². The Morgan fingerprint density at radius 1 is 0.545 bits per heavy atom. The Bertz CT molecular complexity index is 750. The highest BCUT2D eigenvalue weighted by Gasteiger charge is 2.19. The maximum atomic E-state index is 8.50. The third-order valence-electron chi connectivity index (χ3n) is 1.95. The highest BCUT2D eigenvalue weighted by Crippen LogP contribution is 2.26. The fourth-order valence-electron chi connectivity index (χ4n) is 1.29. The molecule has 0 radical (unpaired) electrons. The van der Waals surface area contributed by atoms with Crippen LogP contribution in [0.4, 0.5) is 23.8 Å². The molecule has 0 saturated carbocycles. The van der Waals surface area contributed by atoms with Gasteiger partial charge in [-0.3, -0.25) is 0 Å². The van der Waals surface area contributed by atoms with Crippen molar-refractivity contribution in [1.29, 1.82) is 0 Å². The van der Waals surface area contributed by atoms with Gasteiger partial charge in [0.25, 0.3) is 0 Å². The lowest BCUT2D eigenvalue weighted by molar-refractivity contribution is 0.665. The van der Waals surface area contributed by atoms with E-state index in [9.17, 15) is 0 Å². The summed E-state index contributed by atoms with van der Waals surface area (Å²) >= 11 is 0. The van der Waals surface area contributed by atoms with E-state index < -0.39 is 23.8 Å². The molecule has 0 aromatic carbocycles. The second kappa shape index (κ2) is 6.11. The van der Waals surface area contributed by atoms with Gasteiger partial charge in [-0.25, -0.2) is 9.35 Å². The molecular formula is C4N18. The second-order valence-corrected chi connectivity index (χ2v) is 2.98. The van der Waals surface area contributed by atoms with Gasteiger partial charge in [-0.2, -0.15) is 0 Å². The van der Waals surface area contributed by atoms with Gasteiger partial charge in [0, 0.05) is 19.6 Å². The predicted molar refractivity (Wildman–Crippen MR) is 66.1 cm³/mol. The van der Waals surface area contributed by atoms with Crippen LogP contribution in [0.3, 0.4) is 0 Å². The number of hydrogen-bond acceptors (Lipinski definition) is 8. The lowest BCUT2D eigenvalue weighted by atomic mass is 10.9. The van der Waals surface area contributed by atoms with Crippen molar-refractivity contribution in [3.8, 4) is 0 Å². The van der Waals surface area contributed by atoms with Crippen molar-refractivity contribution in [2.75, 3.05) is 0 Å². The first-order valence-electron chi connectivity index (χ1n) is 4.88. The van der Waals surface area contributed by atoms with Gasteiger partial charge in [0.05, 0.1) is 0 Å². The predicted octanol–water partition coefficient (Wildman–Crippen LogP) is 2.95. The van der Waals surface area contributed by atoms with Gasteiger partial charge in [-0.05, 0) is 42.6 Å². The van der Waals surface area contributed by atoms with Crippen LogP contribution in [0.25, 0.3) is 41.8 Å². The fourth-order valence-corrected chi connectivity index (χ4v) is 1.29. The van der Waals surface area contributed by atoms with Crippen molar-refractivity contribution >= 4 is 23.8 Å². The Morgan fingerprint density at radius 3 is 0.955 bits per heavy atom. The van der Waals surface area contributed by atoms with Gasteiger partial charge in [0.15, 0.2) is 0 Å². The Hall–Kier alpha value is -4.48. The van der Waals surface area contributed by atoms with Crippen LogP contribution < -0.4 is 0 Å². The van der Waals surface area contributed by atoms with Crippen molar-refractivity contribution in [2.45, 2.75) is 0 Å². The summed E-state index contributed by atoms with van der Waals surface area (Å²) in [4.78, 5) is 10.0. The Morgan fingerprint density at radius 2 is 0.773 bits per heavy atom. The number of hydrogen-bond donors (Lipinski definition) is 0. The minimum Gasteiger partial charge on any atom is -0.202 e. The van der Waals surface area contributed by atoms with Crippen LogP contribution in [0.1, 0.15) is 0 Å². The Labute approximate surface area is 117 Å². The maximum absolute atomic E-state index is 8.50. The summed E-state index contributed by atoms with van der Waals surface area (Å²) in [5.74, 6) is -1.64. The summed E-state index contributed by atoms with van der Waals surface area (Å²) < 4.78 is 1.60. The molecule has 0 atom stereocenters. The normalized spacial score (nSPS) is 8.91. The molecule has 2 rings (SSSR count). The average molecular weight is 300 g/mol. The third kappa shape index (κ3) is 2.32. The summed E-state index contributed by atoms with van der Waals surface area (Å²) in [6, 6.07) is 0. The summed E-state index contributed by atoms with van der Waals surface area (Å²) in [7, 11) is 0. The molecule has 2 aromatic heterocycles. The molecule has 22 heavy (non-hydrogen) atoms. The van der Waals surface area contributed by atoms with E-state index in [1.807, 2.05) is 0 Å². The molecule has 0 aliphatic rings. The van der Waals surface area contributed by atoms with E-state index in [0.29, 0.717) is 0 Å². The highest BCUT2D eigenvalue weighted by atomic mass is 15.7. The van der Waals surface area contributed by atoms with Crippen molar-refractivity contribution < 1.29 is 0 Å². The number of aromatic nitrogens is 6. The molecule has 18 nitrogen and oxygen atoms in total. The van der Waals surface area contributed by atoms with Crippen molar-refractivity contribution in [3.05, 3.63) is 41.8 Å². The zero-order valence-electron chi connectivity index (χ0n) is 10.0. The van der Waals surface area contributed by atoms with Crippen LogP contribution in [0, 0.1) is 0 Å². The molecule has 0 saturated heterocycles. The van der Waals surface area contributed by atoms with Crippen LogP contribution in [-0.2, 0) is 0 Å². The molecule has 0 N–H and O–H groups in total. The first-order chi connectivity index (χ1) is 10.8. The van der Waals surface area contributed by atoms with Gasteiger partial charge >= 0.3 is 0 Å². The zero-order valence-corrected chi connectivity index (χ0v) is 10.0. The molecule has 0 spiro atoms. The topological polar surface area (TPSA) is 256 Å². The van der Waals surface area contributed by atoms with Crippen molar-refractivity contribution in [3.63, 3.8) is 0 Å². The fraction of sp³-hybridized carbons (Fsp3) is 0. The van der Waals surface area contributed by atoms with E-state index in [-0.39, 0.29) is 0 Å². The third-order valence-corrected chi connectivity index (χ3v) is 1.95. The highest BCUT2D eigenvalue weighted by molar-refractivity contribution is 5.36. The molecule has 0 amide bonds. The molecule has 2 aromatic rings. The molecule has 0 aliphatic carbocycles. The van der Waals surface area contributed by atoms with E-state index in [2.05, 4.69) is 60.5 Å². The van der Waals surface area contributed by atoms with Crippen LogP contribution in [0.15, 0.2) is 20.5 Å². The summed E-state index contributed by atoms with van der Waals surface area (Å²) in [5.41, 5.74) is 34.0. The first-order valence-corrected chi connectivity index (χ1v) is 4.88. The molecule has 0 aliphatic heterocycles. The van der Waals surface area contributed by atoms with Gasteiger partial charge in [0.2, 0.25) is 23.8 Å². The number of nitrogens with zero attached hydrogens (tertiary/aromatic N) is 18. The maximum Gasteiger partial charge on any atom is 0.240 e. The Kier molecular flexibility index (Phi) is 3.87. The van der Waals surface area contributed by atoms with Gasteiger partial charge in [-0.15, -0.1) is 20.4 Å². The number of rotatable bonds is 5. The lowest BCUT2D eigenvalue weighted by Gasteiger charge is -2.08. The van der Waals surface area contributed by atoms with Gasteiger partial charge in [0.1, 0.15) is 0 Å². The molecule has 18 heteroatoms. The minimum absolute atomic E-state index is 0.409. The first kappa shape index (κ1) is 13.9. The molecule has 2 heterocycles. The summed E-state index contributed by atoms with van der Waals surface area (Å²) in [6.45, 7) is 0. The molecular weight excluding hydrogens is 300 g/mol. The molecule has 0 unspecified atom stereocenters. The van der Waals surface area contributed by atoms with Crippen molar-refractivity contribution in [2.24, 2.45) is 20.5 Å². The van der Waals surface area contributed by atoms with Gasteiger partial charge < -0.3 is 0 Å². The smallest absolute Gasteiger partial charge is 0.202 e. The monoisotopic (exact) mass is 300 g/mol. The average Bonchev–Trinajstić information content (AvgIpc) is 3.06. The van der Waals surface area contributed by atoms with E-state index in [0.717, 1.165) is 9.35 Å². The van der Waals surface area contributed by atoms with Crippen molar-refractivity contribution in [1.82, 2.24) is 29.7 Å². The summed E-state index contributed by atoms with van der Waals surface area (Å²) in [5, 5.41) is 26.7. The largest absolute Gasteiger partial charge is 0.240 e. The van der Waals surface area contributed by atoms with E-state index in [1.165, 1.54) is 0 Å². The van der Waals surface area contributed by atoms with Crippen LogP contribution in [0.5, 0.6) is 0 Å². The lowest BCUT2D eigenvalue weighted by Crippen LogP contribution is -2.07. The number of azide groups is 4. The van der Waals surface area contributed by atoms with Gasteiger partial charge in [-0.1, -0.05) is 0 Å². The van der Waals surface area contributed by atoms with E-state index in [4.69, 9.17) is 22.1 Å². The quantitative estimate of drug-likeness (QED) is 0.457. The van der Waals surface area contributed by atoms with Crippen LogP contribution in [0.2, 0.25) is 0 Å². The standard InChI is InChI=1S/C4N18/c5-17-13-1-9-10-2(14-18-6)21(1)22-3(15-19-7)11-12-4(22)16-20-8. The minimum atomic E-state index is -0.409. The molecule has 106 valence electrons. The SMILES string of the molecule is [N-]=[N+]=Nc1nnc(N=[N+]=[N-])n1-n1c(N=[N+]=[N-])nnc1N=[N+]=[N-]. The second-order valence-electron chi connectivity index (χ2n) is 2.98. The summed E-state index contributed by atoms with van der Waals surface area (Å²) in [6.07, 6.45) is 0.